The number of anilines is 1. The van der Waals surface area contributed by atoms with Crippen molar-refractivity contribution in [2.75, 3.05) is 19.0 Å². The minimum Gasteiger partial charge on any atom is -0.348 e. The van der Waals surface area contributed by atoms with Crippen LogP contribution in [-0.2, 0) is 12.9 Å². The van der Waals surface area contributed by atoms with Gasteiger partial charge < -0.3 is 4.90 Å². The Morgan fingerprint density at radius 1 is 1.30 bits per heavy atom. The van der Waals surface area contributed by atoms with Crippen molar-refractivity contribution < 1.29 is 22.0 Å². The van der Waals surface area contributed by atoms with Crippen LogP contribution in [0.3, 0.4) is 0 Å². The third-order valence-corrected chi connectivity index (χ3v) is 5.14. The zero-order valence-electron chi connectivity index (χ0n) is 16.1. The summed E-state index contributed by atoms with van der Waals surface area (Å²) in [6.45, 7) is -1.02. The maximum absolute atomic E-state index is 14.2. The molecule has 0 unspecified atom stereocenters. The van der Waals surface area contributed by atoms with Gasteiger partial charge in [-0.25, -0.2) is 13.5 Å². The molecule has 1 saturated carbocycles. The van der Waals surface area contributed by atoms with Crippen molar-refractivity contribution >= 4 is 17.0 Å². The Balaban J connectivity index is 1.92. The van der Waals surface area contributed by atoms with Crippen molar-refractivity contribution in [2.45, 2.75) is 31.7 Å². The van der Waals surface area contributed by atoms with Gasteiger partial charge in [0.25, 0.3) is 5.56 Å². The molecule has 11 heteroatoms. The van der Waals surface area contributed by atoms with Gasteiger partial charge in [0.1, 0.15) is 23.6 Å². The minimum atomic E-state index is -4.81. The van der Waals surface area contributed by atoms with Crippen LogP contribution in [0.15, 0.2) is 23.0 Å². The molecule has 0 bridgehead atoms. The molecule has 1 aliphatic rings. The Morgan fingerprint density at radius 2 is 2.00 bits per heavy atom. The van der Waals surface area contributed by atoms with E-state index in [0.29, 0.717) is 6.07 Å². The summed E-state index contributed by atoms with van der Waals surface area (Å²) in [5.41, 5.74) is -1.70. The first-order chi connectivity index (χ1) is 14.1. The number of H-pyrrole nitrogens is 1. The lowest BCUT2D eigenvalue weighted by atomic mass is 10.0. The second-order valence-electron chi connectivity index (χ2n) is 7.53. The fourth-order valence-corrected chi connectivity index (χ4v) is 3.57. The molecule has 0 aliphatic heterocycles. The van der Waals surface area contributed by atoms with Crippen molar-refractivity contribution in [1.82, 2.24) is 19.7 Å². The van der Waals surface area contributed by atoms with Crippen LogP contribution in [0.2, 0.25) is 0 Å². The van der Waals surface area contributed by atoms with E-state index in [-0.39, 0.29) is 34.2 Å². The number of rotatable bonds is 5. The summed E-state index contributed by atoms with van der Waals surface area (Å²) in [7, 11) is 3.31. The molecule has 0 amide bonds. The van der Waals surface area contributed by atoms with Crippen LogP contribution in [0.5, 0.6) is 0 Å². The Morgan fingerprint density at radius 3 is 2.53 bits per heavy atom. The van der Waals surface area contributed by atoms with Gasteiger partial charge in [-0.15, -0.1) is 0 Å². The number of benzene rings is 1. The van der Waals surface area contributed by atoms with Gasteiger partial charge in [-0.3, -0.25) is 9.78 Å². The van der Waals surface area contributed by atoms with Crippen LogP contribution in [0, 0.1) is 11.7 Å². The molecule has 0 spiro atoms. The van der Waals surface area contributed by atoms with Crippen LogP contribution >= 0.6 is 0 Å². The number of aromatic amines is 1. The van der Waals surface area contributed by atoms with Gasteiger partial charge in [-0.1, -0.05) is 6.07 Å². The zero-order chi connectivity index (χ0) is 21.8. The van der Waals surface area contributed by atoms with E-state index in [4.69, 9.17) is 0 Å². The lowest BCUT2D eigenvalue weighted by Crippen LogP contribution is -2.21. The molecule has 1 atom stereocenters. The van der Waals surface area contributed by atoms with E-state index in [1.54, 1.807) is 19.0 Å². The number of alkyl halides is 4. The fourth-order valence-electron chi connectivity index (χ4n) is 3.57. The van der Waals surface area contributed by atoms with Crippen LogP contribution in [-0.4, -0.2) is 33.8 Å². The lowest BCUT2D eigenvalue weighted by molar-refractivity contribution is -0.140. The molecular formula is C19H18F5N5O. The number of nitrogens with one attached hydrogen (secondary N) is 1. The highest BCUT2D eigenvalue weighted by Crippen LogP contribution is 2.45. The number of fused-ring (bicyclic) bond motifs is 1. The van der Waals surface area contributed by atoms with E-state index in [1.807, 2.05) is 0 Å². The van der Waals surface area contributed by atoms with E-state index >= 15 is 0 Å². The van der Waals surface area contributed by atoms with Crippen LogP contribution in [0.25, 0.3) is 11.0 Å². The maximum Gasteiger partial charge on any atom is 0.419 e. The quantitative estimate of drug-likeness (QED) is 0.629. The van der Waals surface area contributed by atoms with Gasteiger partial charge >= 0.3 is 6.18 Å². The van der Waals surface area contributed by atoms with Crippen LogP contribution < -0.4 is 10.5 Å². The average molecular weight is 427 g/mol. The standard InChI is InChI=1S/C19H18F5N5O/c1-28(2)18-25-16-14(17(30)26-18)13(8-20)27-29(16)15(9-3-4-9)10-5-6-11(12(21)7-10)19(22,23)24/h5-7,9,15H,3-4,8H2,1-2H3,(H,25,26,30)/t15-/m0/s1. The summed E-state index contributed by atoms with van der Waals surface area (Å²) >= 11 is 0. The highest BCUT2D eigenvalue weighted by molar-refractivity contribution is 5.78. The lowest BCUT2D eigenvalue weighted by Gasteiger charge is -2.20. The van der Waals surface area contributed by atoms with E-state index in [9.17, 15) is 26.7 Å². The van der Waals surface area contributed by atoms with E-state index in [0.717, 1.165) is 18.9 Å². The predicted molar refractivity (Wildman–Crippen MR) is 99.6 cm³/mol. The van der Waals surface area contributed by atoms with Crippen molar-refractivity contribution in [2.24, 2.45) is 5.92 Å². The largest absolute Gasteiger partial charge is 0.419 e. The number of hydrogen-bond donors (Lipinski definition) is 1. The first kappa shape index (κ1) is 20.3. The summed E-state index contributed by atoms with van der Waals surface area (Å²) in [5, 5.41) is 4.18. The summed E-state index contributed by atoms with van der Waals surface area (Å²) in [6.07, 6.45) is -3.33. The topological polar surface area (TPSA) is 66.8 Å². The van der Waals surface area contributed by atoms with Gasteiger partial charge in [0.15, 0.2) is 5.65 Å². The Kier molecular flexibility index (Phi) is 4.78. The Bertz CT molecular complexity index is 1160. The molecule has 1 N–H and O–H groups in total. The summed E-state index contributed by atoms with van der Waals surface area (Å²) < 4.78 is 68.0. The molecule has 2 aromatic heterocycles. The smallest absolute Gasteiger partial charge is 0.348 e. The summed E-state index contributed by atoms with van der Waals surface area (Å²) in [6, 6.07) is 2.04. The molecule has 6 nitrogen and oxygen atoms in total. The molecule has 160 valence electrons. The SMILES string of the molecule is CN(C)c1nc2c(c(CF)nn2[C@H](c2ccc(C(F)(F)F)c(F)c2)C2CC2)c(=O)[nH]1. The molecule has 30 heavy (non-hydrogen) atoms. The van der Waals surface area contributed by atoms with E-state index in [1.165, 1.54) is 10.7 Å². The minimum absolute atomic E-state index is 0.0267. The summed E-state index contributed by atoms with van der Waals surface area (Å²) in [4.78, 5) is 21.0. The number of nitrogens with zero attached hydrogens (tertiary/aromatic N) is 4. The zero-order valence-corrected chi connectivity index (χ0v) is 16.1. The highest BCUT2D eigenvalue weighted by atomic mass is 19.4. The summed E-state index contributed by atoms with van der Waals surface area (Å²) in [5.74, 6) is -1.22. The third-order valence-electron chi connectivity index (χ3n) is 5.14. The van der Waals surface area contributed by atoms with Crippen molar-refractivity contribution in [3.05, 3.63) is 51.2 Å². The monoisotopic (exact) mass is 427 g/mol. The predicted octanol–water partition coefficient (Wildman–Crippen LogP) is 3.81. The molecule has 0 saturated heterocycles. The highest BCUT2D eigenvalue weighted by Gasteiger charge is 2.39. The second-order valence-corrected chi connectivity index (χ2v) is 7.53. The Hall–Kier alpha value is -2.98. The molecule has 4 rings (SSSR count). The number of aromatic nitrogens is 4. The number of hydrogen-bond acceptors (Lipinski definition) is 4. The van der Waals surface area contributed by atoms with Crippen LogP contribution in [0.4, 0.5) is 27.9 Å². The second kappa shape index (κ2) is 7.06. The first-order valence-corrected chi connectivity index (χ1v) is 9.23. The average Bonchev–Trinajstić information content (AvgIpc) is 3.42. The molecule has 1 aliphatic carbocycles. The van der Waals surface area contributed by atoms with Crippen LogP contribution in [0.1, 0.15) is 35.7 Å². The molecule has 1 aromatic carbocycles. The first-order valence-electron chi connectivity index (χ1n) is 9.23. The molecule has 0 radical (unpaired) electrons. The third kappa shape index (κ3) is 3.41. The number of halogens is 5. The molecule has 2 heterocycles. The van der Waals surface area contributed by atoms with Crippen molar-refractivity contribution in [1.29, 1.82) is 0 Å². The van der Waals surface area contributed by atoms with Crippen molar-refractivity contribution in [3.8, 4) is 0 Å². The molecular weight excluding hydrogens is 409 g/mol. The Labute approximate surface area is 167 Å². The van der Waals surface area contributed by atoms with Gasteiger partial charge in [0.2, 0.25) is 5.95 Å². The van der Waals surface area contributed by atoms with Gasteiger partial charge in [-0.2, -0.15) is 23.3 Å². The fraction of sp³-hybridized carbons (Fsp3) is 0.421. The van der Waals surface area contributed by atoms with E-state index in [2.05, 4.69) is 15.1 Å². The van der Waals surface area contributed by atoms with Crippen molar-refractivity contribution in [3.63, 3.8) is 0 Å². The molecule has 1 fully saturated rings. The van der Waals surface area contributed by atoms with Gasteiger partial charge in [-0.05, 0) is 36.5 Å². The maximum atomic E-state index is 14.2. The van der Waals surface area contributed by atoms with Gasteiger partial charge in [0, 0.05) is 14.1 Å². The van der Waals surface area contributed by atoms with E-state index < -0.39 is 35.8 Å². The van der Waals surface area contributed by atoms with Gasteiger partial charge in [0.05, 0.1) is 11.6 Å². The molecule has 3 aromatic rings. The normalized spacial score (nSPS) is 15.6.